The molecule has 0 aliphatic rings. The van der Waals surface area contributed by atoms with Crippen molar-refractivity contribution < 1.29 is 23.9 Å². The van der Waals surface area contributed by atoms with Crippen molar-refractivity contribution >= 4 is 40.8 Å². The summed E-state index contributed by atoms with van der Waals surface area (Å²) in [4.78, 5) is 37.2. The Labute approximate surface area is 201 Å². The summed E-state index contributed by atoms with van der Waals surface area (Å²) in [6.07, 6.45) is 0. The molecule has 0 aliphatic carbocycles. The van der Waals surface area contributed by atoms with E-state index in [2.05, 4.69) is 15.8 Å². The molecule has 0 atom stereocenters. The van der Waals surface area contributed by atoms with E-state index in [1.807, 2.05) is 19.1 Å². The number of nitrogens with zero attached hydrogens (tertiary/aromatic N) is 1. The zero-order valence-electron chi connectivity index (χ0n) is 18.7. The van der Waals surface area contributed by atoms with Crippen LogP contribution in [0.3, 0.4) is 0 Å². The van der Waals surface area contributed by atoms with E-state index in [-0.39, 0.29) is 11.4 Å². The van der Waals surface area contributed by atoms with Crippen molar-refractivity contribution in [2.45, 2.75) is 13.8 Å². The lowest BCUT2D eigenvalue weighted by atomic mass is 10.1. The number of benzene rings is 3. The van der Waals surface area contributed by atoms with E-state index in [1.165, 1.54) is 13.2 Å². The summed E-state index contributed by atoms with van der Waals surface area (Å²) in [6.45, 7) is 3.42. The van der Waals surface area contributed by atoms with Gasteiger partial charge in [0.25, 0.3) is 0 Å². The third kappa shape index (κ3) is 5.99. The highest BCUT2D eigenvalue weighted by molar-refractivity contribution is 6.40. The standard InChI is InChI=1S/C25H22ClN3O5/c1-15-8-4-5-9-18(15)25(32)34-21-11-7-6-10-19(21)16(2)28-29-24(31)23(30)27-20-14-17(26)12-13-22(20)33-3/h4-14H,1-3H3,(H,27,30)(H,29,31)/b28-16+. The molecule has 9 heteroatoms. The number of methoxy groups -OCH3 is 1. The van der Waals surface area contributed by atoms with Crippen LogP contribution in [0.2, 0.25) is 5.02 Å². The molecule has 0 aromatic heterocycles. The monoisotopic (exact) mass is 479 g/mol. The number of halogens is 1. The minimum Gasteiger partial charge on any atom is -0.495 e. The molecular weight excluding hydrogens is 458 g/mol. The zero-order chi connectivity index (χ0) is 24.7. The van der Waals surface area contributed by atoms with Crippen LogP contribution in [0.15, 0.2) is 71.8 Å². The zero-order valence-corrected chi connectivity index (χ0v) is 19.5. The molecule has 0 saturated carbocycles. The number of amides is 2. The Bertz CT molecular complexity index is 1270. The average molecular weight is 480 g/mol. The molecular formula is C25H22ClN3O5. The third-order valence-electron chi connectivity index (χ3n) is 4.79. The third-order valence-corrected chi connectivity index (χ3v) is 5.02. The molecule has 3 rings (SSSR count). The van der Waals surface area contributed by atoms with Gasteiger partial charge in [-0.15, -0.1) is 0 Å². The van der Waals surface area contributed by atoms with Gasteiger partial charge in [-0.3, -0.25) is 9.59 Å². The second kappa shape index (κ2) is 11.1. The molecule has 0 heterocycles. The van der Waals surface area contributed by atoms with Gasteiger partial charge in [0.15, 0.2) is 0 Å². The van der Waals surface area contributed by atoms with Gasteiger partial charge in [0.05, 0.1) is 24.1 Å². The van der Waals surface area contributed by atoms with Crippen molar-refractivity contribution in [3.63, 3.8) is 0 Å². The maximum Gasteiger partial charge on any atom is 0.343 e. The van der Waals surface area contributed by atoms with E-state index in [4.69, 9.17) is 21.1 Å². The summed E-state index contributed by atoms with van der Waals surface area (Å²) in [5.74, 6) is -1.88. The molecule has 0 fully saturated rings. The number of aryl methyl sites for hydroxylation is 1. The summed E-state index contributed by atoms with van der Waals surface area (Å²) in [6, 6.07) is 18.4. The fraction of sp³-hybridized carbons (Fsp3) is 0.120. The van der Waals surface area contributed by atoms with Crippen LogP contribution in [0.4, 0.5) is 5.69 Å². The SMILES string of the molecule is COc1ccc(Cl)cc1NC(=O)C(=O)N/N=C(\C)c1ccccc1OC(=O)c1ccccc1C. The first kappa shape index (κ1) is 24.5. The van der Waals surface area contributed by atoms with Crippen LogP contribution in [0.1, 0.15) is 28.4 Å². The first-order chi connectivity index (χ1) is 16.3. The van der Waals surface area contributed by atoms with E-state index in [0.717, 1.165) is 5.56 Å². The van der Waals surface area contributed by atoms with E-state index in [9.17, 15) is 14.4 Å². The Morgan fingerprint density at radius 2 is 1.56 bits per heavy atom. The molecule has 0 radical (unpaired) electrons. The number of carbonyl (C=O) groups excluding carboxylic acids is 3. The number of nitrogens with one attached hydrogen (secondary N) is 2. The van der Waals surface area contributed by atoms with Crippen molar-refractivity contribution in [1.29, 1.82) is 0 Å². The number of hydrogen-bond acceptors (Lipinski definition) is 6. The first-order valence-electron chi connectivity index (χ1n) is 10.2. The summed E-state index contributed by atoms with van der Waals surface area (Å²) >= 11 is 5.94. The van der Waals surface area contributed by atoms with Crippen LogP contribution >= 0.6 is 11.6 Å². The Morgan fingerprint density at radius 3 is 2.26 bits per heavy atom. The molecule has 2 amide bonds. The topological polar surface area (TPSA) is 106 Å². The predicted octanol–water partition coefficient (Wildman–Crippen LogP) is 4.36. The number of carbonyl (C=O) groups is 3. The number of anilines is 1. The van der Waals surface area contributed by atoms with E-state index in [1.54, 1.807) is 55.5 Å². The lowest BCUT2D eigenvalue weighted by Crippen LogP contribution is -2.33. The summed E-state index contributed by atoms with van der Waals surface area (Å²) < 4.78 is 10.7. The fourth-order valence-electron chi connectivity index (χ4n) is 3.01. The number of hydrogen-bond donors (Lipinski definition) is 2. The van der Waals surface area contributed by atoms with Gasteiger partial charge < -0.3 is 14.8 Å². The van der Waals surface area contributed by atoms with Crippen LogP contribution < -0.4 is 20.2 Å². The van der Waals surface area contributed by atoms with E-state index >= 15 is 0 Å². The van der Waals surface area contributed by atoms with Gasteiger partial charge in [0.1, 0.15) is 11.5 Å². The Hall–Kier alpha value is -4.17. The molecule has 0 bridgehead atoms. The van der Waals surface area contributed by atoms with Crippen molar-refractivity contribution in [1.82, 2.24) is 5.43 Å². The van der Waals surface area contributed by atoms with Crippen molar-refractivity contribution in [2.75, 3.05) is 12.4 Å². The highest BCUT2D eigenvalue weighted by Gasteiger charge is 2.18. The van der Waals surface area contributed by atoms with Crippen molar-refractivity contribution in [3.05, 3.63) is 88.4 Å². The van der Waals surface area contributed by atoms with Crippen molar-refractivity contribution in [2.24, 2.45) is 5.10 Å². The lowest BCUT2D eigenvalue weighted by Gasteiger charge is -2.11. The largest absolute Gasteiger partial charge is 0.495 e. The van der Waals surface area contributed by atoms with Crippen molar-refractivity contribution in [3.8, 4) is 11.5 Å². The van der Waals surface area contributed by atoms with Gasteiger partial charge in [-0.05, 0) is 55.8 Å². The number of rotatable bonds is 6. The van der Waals surface area contributed by atoms with Crippen LogP contribution in [-0.2, 0) is 9.59 Å². The number of ether oxygens (including phenoxy) is 2. The Morgan fingerprint density at radius 1 is 0.882 bits per heavy atom. The molecule has 2 N–H and O–H groups in total. The first-order valence-corrected chi connectivity index (χ1v) is 10.5. The fourth-order valence-corrected chi connectivity index (χ4v) is 3.19. The molecule has 0 spiro atoms. The molecule has 174 valence electrons. The molecule has 8 nitrogen and oxygen atoms in total. The van der Waals surface area contributed by atoms with Gasteiger partial charge in [0, 0.05) is 10.6 Å². The smallest absolute Gasteiger partial charge is 0.343 e. The number of para-hydroxylation sites is 1. The Balaban J connectivity index is 1.71. The summed E-state index contributed by atoms with van der Waals surface area (Å²) in [5, 5.41) is 6.77. The number of hydrazone groups is 1. The van der Waals surface area contributed by atoms with E-state index < -0.39 is 17.8 Å². The predicted molar refractivity (Wildman–Crippen MR) is 130 cm³/mol. The lowest BCUT2D eigenvalue weighted by molar-refractivity contribution is -0.136. The van der Waals surface area contributed by atoms with Crippen LogP contribution in [0, 0.1) is 6.92 Å². The molecule has 3 aromatic carbocycles. The highest BCUT2D eigenvalue weighted by atomic mass is 35.5. The maximum atomic E-state index is 12.6. The van der Waals surface area contributed by atoms with Gasteiger partial charge in [-0.25, -0.2) is 10.2 Å². The van der Waals surface area contributed by atoms with Gasteiger partial charge in [-0.1, -0.05) is 41.9 Å². The Kier molecular flexibility index (Phi) is 8.00. The normalized spacial score (nSPS) is 10.9. The van der Waals surface area contributed by atoms with Crippen LogP contribution in [0.25, 0.3) is 0 Å². The second-order valence-corrected chi connectivity index (χ2v) is 7.57. The average Bonchev–Trinajstić information content (AvgIpc) is 2.83. The van der Waals surface area contributed by atoms with Gasteiger partial charge >= 0.3 is 17.8 Å². The van der Waals surface area contributed by atoms with Crippen LogP contribution in [-0.4, -0.2) is 30.6 Å². The molecule has 0 unspecified atom stereocenters. The maximum absolute atomic E-state index is 12.6. The van der Waals surface area contributed by atoms with E-state index in [0.29, 0.717) is 27.6 Å². The summed E-state index contributed by atoms with van der Waals surface area (Å²) in [7, 11) is 1.43. The number of esters is 1. The molecule has 0 aliphatic heterocycles. The molecule has 34 heavy (non-hydrogen) atoms. The highest BCUT2D eigenvalue weighted by Crippen LogP contribution is 2.27. The quantitative estimate of drug-likeness (QED) is 0.180. The molecule has 0 saturated heterocycles. The summed E-state index contributed by atoms with van der Waals surface area (Å²) in [5.41, 5.74) is 4.46. The van der Waals surface area contributed by atoms with Crippen LogP contribution in [0.5, 0.6) is 11.5 Å². The minimum absolute atomic E-state index is 0.240. The van der Waals surface area contributed by atoms with Gasteiger partial charge in [-0.2, -0.15) is 5.10 Å². The van der Waals surface area contributed by atoms with Gasteiger partial charge in [0.2, 0.25) is 0 Å². The minimum atomic E-state index is -1.00. The molecule has 3 aromatic rings. The second-order valence-electron chi connectivity index (χ2n) is 7.14.